The minimum absolute atomic E-state index is 0.177. The lowest BCUT2D eigenvalue weighted by Crippen LogP contribution is -2.13. The summed E-state index contributed by atoms with van der Waals surface area (Å²) in [5.74, 6) is -1.18. The lowest BCUT2D eigenvalue weighted by molar-refractivity contribution is 0.100. The van der Waals surface area contributed by atoms with Crippen molar-refractivity contribution in [2.45, 2.75) is 0 Å². The van der Waals surface area contributed by atoms with Gasteiger partial charge in [0.1, 0.15) is 5.82 Å². The van der Waals surface area contributed by atoms with Crippen LogP contribution in [0, 0.1) is 5.82 Å². The third kappa shape index (κ3) is 2.28. The normalized spacial score (nSPS) is 10.3. The van der Waals surface area contributed by atoms with Crippen LogP contribution in [0.4, 0.5) is 10.1 Å². The Balaban J connectivity index is 2.67. The number of rotatable bonds is 2. The number of hydrogen-bond acceptors (Lipinski definition) is 2. The topological polar surface area (TPSA) is 69.1 Å². The highest BCUT2D eigenvalue weighted by atomic mass is 35.5. The minimum Gasteiger partial charge on any atom is -0.399 e. The molecule has 0 aliphatic heterocycles. The lowest BCUT2D eigenvalue weighted by atomic mass is 9.98. The summed E-state index contributed by atoms with van der Waals surface area (Å²) >= 11 is 5.68. The van der Waals surface area contributed by atoms with Gasteiger partial charge in [-0.3, -0.25) is 4.79 Å². The Bertz CT molecular complexity index is 628. The lowest BCUT2D eigenvalue weighted by Gasteiger charge is -2.09. The predicted octanol–water partition coefficient (Wildman–Crippen LogP) is 2.83. The zero-order valence-electron chi connectivity index (χ0n) is 9.28. The van der Waals surface area contributed by atoms with E-state index < -0.39 is 11.7 Å². The zero-order chi connectivity index (χ0) is 13.3. The van der Waals surface area contributed by atoms with Gasteiger partial charge in [-0.25, -0.2) is 4.39 Å². The first kappa shape index (κ1) is 12.4. The second kappa shape index (κ2) is 4.66. The van der Waals surface area contributed by atoms with E-state index in [1.165, 1.54) is 18.2 Å². The molecule has 0 saturated carbocycles. The monoisotopic (exact) mass is 264 g/mol. The molecular weight excluding hydrogens is 255 g/mol. The van der Waals surface area contributed by atoms with E-state index in [0.29, 0.717) is 11.3 Å². The van der Waals surface area contributed by atoms with Crippen molar-refractivity contribution in [3.63, 3.8) is 0 Å². The SMILES string of the molecule is NC(=O)c1cc(N)ccc1-c1ccc(Cl)cc1F. The number of primary amides is 1. The van der Waals surface area contributed by atoms with Gasteiger partial charge in [0.25, 0.3) is 0 Å². The highest BCUT2D eigenvalue weighted by Gasteiger charge is 2.14. The maximum absolute atomic E-state index is 13.8. The molecule has 0 aromatic heterocycles. The summed E-state index contributed by atoms with van der Waals surface area (Å²) in [5.41, 5.74) is 12.1. The van der Waals surface area contributed by atoms with E-state index in [0.717, 1.165) is 0 Å². The Morgan fingerprint density at radius 2 is 1.78 bits per heavy atom. The average molecular weight is 265 g/mol. The van der Waals surface area contributed by atoms with Crippen LogP contribution in [0.3, 0.4) is 0 Å². The second-order valence-electron chi connectivity index (χ2n) is 3.79. The Hall–Kier alpha value is -2.07. The van der Waals surface area contributed by atoms with E-state index in [1.807, 2.05) is 0 Å². The number of benzene rings is 2. The first-order valence-corrected chi connectivity index (χ1v) is 5.51. The van der Waals surface area contributed by atoms with Crippen LogP contribution in [0.5, 0.6) is 0 Å². The van der Waals surface area contributed by atoms with Crippen molar-refractivity contribution >= 4 is 23.2 Å². The summed E-state index contributed by atoms with van der Waals surface area (Å²) < 4.78 is 13.8. The number of hydrogen-bond donors (Lipinski definition) is 2. The molecule has 0 atom stereocenters. The van der Waals surface area contributed by atoms with E-state index in [9.17, 15) is 9.18 Å². The Morgan fingerprint density at radius 3 is 2.39 bits per heavy atom. The molecule has 0 heterocycles. The van der Waals surface area contributed by atoms with Crippen molar-refractivity contribution in [2.24, 2.45) is 5.73 Å². The van der Waals surface area contributed by atoms with Gasteiger partial charge in [0, 0.05) is 21.8 Å². The molecule has 0 radical (unpaired) electrons. The number of nitrogen functional groups attached to an aromatic ring is 1. The molecule has 2 aromatic rings. The standard InChI is InChI=1S/C13H10ClFN2O/c14-7-1-3-10(12(15)5-7)9-4-2-8(16)6-11(9)13(17)18/h1-6H,16H2,(H2,17,18). The summed E-state index contributed by atoms with van der Waals surface area (Å²) in [5, 5.41) is 0.285. The van der Waals surface area contributed by atoms with Crippen molar-refractivity contribution in [3.05, 3.63) is 52.8 Å². The van der Waals surface area contributed by atoms with Gasteiger partial charge >= 0.3 is 0 Å². The minimum atomic E-state index is -0.661. The van der Waals surface area contributed by atoms with Crippen molar-refractivity contribution in [2.75, 3.05) is 5.73 Å². The van der Waals surface area contributed by atoms with Crippen LogP contribution >= 0.6 is 11.6 Å². The summed E-state index contributed by atoms with van der Waals surface area (Å²) in [6, 6.07) is 8.78. The molecule has 2 aromatic carbocycles. The molecule has 5 heteroatoms. The van der Waals surface area contributed by atoms with Gasteiger partial charge in [-0.1, -0.05) is 17.7 Å². The molecule has 0 fully saturated rings. The van der Waals surface area contributed by atoms with E-state index >= 15 is 0 Å². The molecule has 0 bridgehead atoms. The number of nitrogens with two attached hydrogens (primary N) is 2. The average Bonchev–Trinajstić information content (AvgIpc) is 2.29. The summed E-state index contributed by atoms with van der Waals surface area (Å²) in [6.07, 6.45) is 0. The summed E-state index contributed by atoms with van der Waals surface area (Å²) in [7, 11) is 0. The van der Waals surface area contributed by atoms with E-state index in [-0.39, 0.29) is 16.1 Å². The molecule has 2 rings (SSSR count). The van der Waals surface area contributed by atoms with Gasteiger partial charge in [-0.05, 0) is 35.9 Å². The fourth-order valence-electron chi connectivity index (χ4n) is 1.71. The summed E-state index contributed by atoms with van der Waals surface area (Å²) in [6.45, 7) is 0. The highest BCUT2D eigenvalue weighted by molar-refractivity contribution is 6.30. The number of anilines is 1. The molecular formula is C13H10ClFN2O. The molecule has 3 nitrogen and oxygen atoms in total. The molecule has 0 spiro atoms. The van der Waals surface area contributed by atoms with E-state index in [1.54, 1.807) is 18.2 Å². The smallest absolute Gasteiger partial charge is 0.249 e. The molecule has 0 unspecified atom stereocenters. The van der Waals surface area contributed by atoms with Crippen LogP contribution in [0.15, 0.2) is 36.4 Å². The fourth-order valence-corrected chi connectivity index (χ4v) is 1.87. The van der Waals surface area contributed by atoms with Crippen molar-refractivity contribution in [1.82, 2.24) is 0 Å². The molecule has 0 saturated heterocycles. The molecule has 0 aliphatic carbocycles. The van der Waals surface area contributed by atoms with Crippen LogP contribution in [-0.4, -0.2) is 5.91 Å². The van der Waals surface area contributed by atoms with Crippen LogP contribution in [0.2, 0.25) is 5.02 Å². The van der Waals surface area contributed by atoms with Crippen LogP contribution in [0.25, 0.3) is 11.1 Å². The maximum Gasteiger partial charge on any atom is 0.249 e. The molecule has 4 N–H and O–H groups in total. The predicted molar refractivity (Wildman–Crippen MR) is 69.8 cm³/mol. The quantitative estimate of drug-likeness (QED) is 0.819. The number of halogens is 2. The van der Waals surface area contributed by atoms with E-state index in [4.69, 9.17) is 23.1 Å². The van der Waals surface area contributed by atoms with Crippen LogP contribution in [-0.2, 0) is 0 Å². The zero-order valence-corrected chi connectivity index (χ0v) is 10.0. The molecule has 92 valence electrons. The van der Waals surface area contributed by atoms with Gasteiger partial charge in [-0.15, -0.1) is 0 Å². The van der Waals surface area contributed by atoms with Gasteiger partial charge in [-0.2, -0.15) is 0 Å². The highest BCUT2D eigenvalue weighted by Crippen LogP contribution is 2.29. The largest absolute Gasteiger partial charge is 0.399 e. The van der Waals surface area contributed by atoms with Crippen molar-refractivity contribution in [3.8, 4) is 11.1 Å². The summed E-state index contributed by atoms with van der Waals surface area (Å²) in [4.78, 5) is 11.3. The second-order valence-corrected chi connectivity index (χ2v) is 4.23. The van der Waals surface area contributed by atoms with Gasteiger partial charge in [0.05, 0.1) is 0 Å². The van der Waals surface area contributed by atoms with Crippen LogP contribution in [0.1, 0.15) is 10.4 Å². The van der Waals surface area contributed by atoms with Gasteiger partial charge < -0.3 is 11.5 Å². The first-order valence-electron chi connectivity index (χ1n) is 5.14. The van der Waals surface area contributed by atoms with E-state index in [2.05, 4.69) is 0 Å². The molecule has 1 amide bonds. The third-order valence-electron chi connectivity index (χ3n) is 2.53. The molecule has 0 aliphatic rings. The molecule has 18 heavy (non-hydrogen) atoms. The van der Waals surface area contributed by atoms with Gasteiger partial charge in [0.15, 0.2) is 0 Å². The van der Waals surface area contributed by atoms with Gasteiger partial charge in [0.2, 0.25) is 5.91 Å². The number of carbonyl (C=O) groups is 1. The van der Waals surface area contributed by atoms with Crippen molar-refractivity contribution in [1.29, 1.82) is 0 Å². The first-order chi connectivity index (χ1) is 8.49. The Morgan fingerprint density at radius 1 is 1.11 bits per heavy atom. The van der Waals surface area contributed by atoms with Crippen LogP contribution < -0.4 is 11.5 Å². The Labute approximate surface area is 108 Å². The fraction of sp³-hybridized carbons (Fsp3) is 0. The van der Waals surface area contributed by atoms with Crippen molar-refractivity contribution < 1.29 is 9.18 Å². The number of amides is 1. The Kier molecular flexibility index (Phi) is 3.21. The number of carbonyl (C=O) groups excluding carboxylic acids is 1. The third-order valence-corrected chi connectivity index (χ3v) is 2.77. The maximum atomic E-state index is 13.8.